The number of nitrogens with one attached hydrogen (secondary N) is 1. The van der Waals surface area contributed by atoms with E-state index in [9.17, 15) is 27.9 Å². The maximum absolute atomic E-state index is 13.3. The number of carbonyl (C=O) groups is 2. The smallest absolute Gasteiger partial charge is 0.416 e. The van der Waals surface area contributed by atoms with E-state index in [1.807, 2.05) is 24.3 Å². The third kappa shape index (κ3) is 3.91. The molecule has 31 heavy (non-hydrogen) atoms. The number of hydrogen-bond acceptors (Lipinski definition) is 2. The van der Waals surface area contributed by atoms with E-state index >= 15 is 0 Å². The van der Waals surface area contributed by atoms with Gasteiger partial charge in [-0.05, 0) is 33.9 Å². The molecule has 1 amide bonds. The molecule has 0 saturated heterocycles. The van der Waals surface area contributed by atoms with Gasteiger partial charge in [-0.3, -0.25) is 4.79 Å². The highest BCUT2D eigenvalue weighted by molar-refractivity contribution is 5.97. The summed E-state index contributed by atoms with van der Waals surface area (Å²) in [6, 6.07) is 17.9. The zero-order chi connectivity index (χ0) is 22.2. The monoisotopic (exact) mass is 425 g/mol. The molecule has 0 aromatic heterocycles. The Hall–Kier alpha value is -3.61. The third-order valence-corrected chi connectivity index (χ3v) is 5.46. The Kier molecular flexibility index (Phi) is 5.27. The number of carboxylic acids is 1. The van der Waals surface area contributed by atoms with Gasteiger partial charge < -0.3 is 10.4 Å². The summed E-state index contributed by atoms with van der Waals surface area (Å²) < 4.78 is 39.9. The van der Waals surface area contributed by atoms with Crippen LogP contribution in [0.3, 0.4) is 0 Å². The second-order valence-electron chi connectivity index (χ2n) is 7.37. The Labute approximate surface area is 176 Å². The molecule has 1 aliphatic carbocycles. The lowest BCUT2D eigenvalue weighted by Gasteiger charge is -2.20. The van der Waals surface area contributed by atoms with Crippen molar-refractivity contribution in [2.45, 2.75) is 24.6 Å². The van der Waals surface area contributed by atoms with Gasteiger partial charge in [0.15, 0.2) is 0 Å². The molecule has 7 heteroatoms. The molecular formula is C24H18F3NO3. The highest BCUT2D eigenvalue weighted by Gasteiger charge is 2.37. The van der Waals surface area contributed by atoms with Crippen molar-refractivity contribution in [2.75, 3.05) is 0 Å². The minimum atomic E-state index is -4.62. The number of carbonyl (C=O) groups excluding carboxylic acids is 1. The van der Waals surface area contributed by atoms with Crippen molar-refractivity contribution in [3.63, 3.8) is 0 Å². The average Bonchev–Trinajstić information content (AvgIpc) is 3.07. The molecule has 0 fully saturated rings. The fraction of sp³-hybridized carbons (Fsp3) is 0.167. The summed E-state index contributed by atoms with van der Waals surface area (Å²) in [5, 5.41) is 12.1. The molecule has 1 atom stereocenters. The van der Waals surface area contributed by atoms with Crippen molar-refractivity contribution < 1.29 is 27.9 Å². The Morgan fingerprint density at radius 1 is 0.871 bits per heavy atom. The molecule has 158 valence electrons. The minimum Gasteiger partial charge on any atom is -0.480 e. The van der Waals surface area contributed by atoms with E-state index in [1.54, 1.807) is 24.3 Å². The lowest BCUT2D eigenvalue weighted by molar-refractivity contribution is -0.143. The first-order chi connectivity index (χ1) is 14.8. The maximum Gasteiger partial charge on any atom is 0.416 e. The quantitative estimate of drug-likeness (QED) is 0.627. The second kappa shape index (κ2) is 7.91. The van der Waals surface area contributed by atoms with Gasteiger partial charge in [0.2, 0.25) is 5.91 Å². The van der Waals surface area contributed by atoms with Crippen molar-refractivity contribution in [1.82, 2.24) is 5.32 Å². The number of fused-ring (bicyclic) bond motifs is 3. The molecule has 0 spiro atoms. The van der Waals surface area contributed by atoms with Crippen LogP contribution in [0.25, 0.3) is 11.1 Å². The van der Waals surface area contributed by atoms with Crippen LogP contribution in [0.15, 0.2) is 72.8 Å². The number of aliphatic carboxylic acids is 1. The van der Waals surface area contributed by atoms with Crippen LogP contribution in [0.1, 0.15) is 28.2 Å². The molecule has 2 N–H and O–H groups in total. The van der Waals surface area contributed by atoms with E-state index in [0.717, 1.165) is 28.3 Å². The molecule has 4 rings (SSSR count). The van der Waals surface area contributed by atoms with Gasteiger partial charge in [-0.25, -0.2) is 4.79 Å². The van der Waals surface area contributed by atoms with Crippen LogP contribution in [0, 0.1) is 0 Å². The Balaban J connectivity index is 1.64. The number of alkyl halides is 3. The first kappa shape index (κ1) is 20.7. The lowest BCUT2D eigenvalue weighted by atomic mass is 9.94. The van der Waals surface area contributed by atoms with Gasteiger partial charge in [0.25, 0.3) is 0 Å². The fourth-order valence-electron chi connectivity index (χ4n) is 4.09. The highest BCUT2D eigenvalue weighted by Crippen LogP contribution is 2.44. The van der Waals surface area contributed by atoms with E-state index in [-0.39, 0.29) is 5.56 Å². The zero-order valence-corrected chi connectivity index (χ0v) is 16.2. The molecule has 0 heterocycles. The molecule has 1 aliphatic rings. The van der Waals surface area contributed by atoms with Crippen LogP contribution >= 0.6 is 0 Å². The zero-order valence-electron chi connectivity index (χ0n) is 16.2. The second-order valence-corrected chi connectivity index (χ2v) is 7.37. The number of halogens is 3. The van der Waals surface area contributed by atoms with Gasteiger partial charge in [-0.2, -0.15) is 13.2 Å². The largest absolute Gasteiger partial charge is 0.480 e. The number of amides is 1. The molecule has 0 bridgehead atoms. The van der Waals surface area contributed by atoms with Crippen LogP contribution in [-0.4, -0.2) is 23.0 Å². The summed E-state index contributed by atoms with van der Waals surface area (Å²) in [6.45, 7) is 0. The predicted octanol–water partition coefficient (Wildman–Crippen LogP) is 4.63. The summed E-state index contributed by atoms with van der Waals surface area (Å²) in [5.41, 5.74) is 2.14. The van der Waals surface area contributed by atoms with E-state index < -0.39 is 42.0 Å². The molecule has 0 radical (unpaired) electrons. The number of rotatable bonds is 5. The number of hydrogen-bond donors (Lipinski definition) is 2. The van der Waals surface area contributed by atoms with E-state index in [0.29, 0.717) is 0 Å². The van der Waals surface area contributed by atoms with Crippen LogP contribution in [0.5, 0.6) is 0 Å². The topological polar surface area (TPSA) is 66.4 Å². The van der Waals surface area contributed by atoms with Gasteiger partial charge in [-0.15, -0.1) is 0 Å². The normalized spacial score (nSPS) is 13.9. The van der Waals surface area contributed by atoms with Crippen molar-refractivity contribution in [1.29, 1.82) is 0 Å². The Bertz CT molecular complexity index is 1110. The van der Waals surface area contributed by atoms with Gasteiger partial charge in [0.1, 0.15) is 6.04 Å². The van der Waals surface area contributed by atoms with E-state index in [2.05, 4.69) is 5.32 Å². The van der Waals surface area contributed by atoms with E-state index in [4.69, 9.17) is 0 Å². The average molecular weight is 425 g/mol. The minimum absolute atomic E-state index is 0.185. The fourth-order valence-corrected chi connectivity index (χ4v) is 4.09. The molecule has 4 nitrogen and oxygen atoms in total. The van der Waals surface area contributed by atoms with Crippen LogP contribution < -0.4 is 5.32 Å². The number of benzene rings is 3. The van der Waals surface area contributed by atoms with Crippen LogP contribution in [0.4, 0.5) is 13.2 Å². The maximum atomic E-state index is 13.3. The van der Waals surface area contributed by atoms with Crippen molar-refractivity contribution in [3.05, 3.63) is 95.1 Å². The molecule has 0 saturated carbocycles. The lowest BCUT2D eigenvalue weighted by Crippen LogP contribution is -2.44. The summed E-state index contributed by atoms with van der Waals surface area (Å²) in [4.78, 5) is 25.0. The molecule has 0 aliphatic heterocycles. The Morgan fingerprint density at radius 3 is 1.94 bits per heavy atom. The number of carboxylic acid groups (broad SMARTS) is 1. The summed E-state index contributed by atoms with van der Waals surface area (Å²) in [6.07, 6.45) is -5.10. The molecule has 3 aromatic carbocycles. The van der Waals surface area contributed by atoms with Crippen molar-refractivity contribution in [3.8, 4) is 11.1 Å². The summed E-state index contributed by atoms with van der Waals surface area (Å²) in [7, 11) is 0. The third-order valence-electron chi connectivity index (χ3n) is 5.46. The first-order valence-electron chi connectivity index (χ1n) is 9.64. The molecule has 0 unspecified atom stereocenters. The first-order valence-corrected chi connectivity index (χ1v) is 9.64. The van der Waals surface area contributed by atoms with Gasteiger partial charge >= 0.3 is 12.1 Å². The summed E-state index contributed by atoms with van der Waals surface area (Å²) in [5.74, 6) is -2.69. The van der Waals surface area contributed by atoms with Crippen LogP contribution in [-0.2, 0) is 22.2 Å². The summed E-state index contributed by atoms with van der Waals surface area (Å²) >= 11 is 0. The standard InChI is InChI=1S/C24H18F3NO3/c25-24(26,27)19-12-6-1-7-14(19)13-20(23(30)31)28-22(29)21-17-10-4-2-8-15(17)16-9-3-5-11-18(16)21/h1-12,20-21H,13H2,(H,28,29)(H,30,31)/t20-/m1/s1. The molecule has 3 aromatic rings. The SMILES string of the molecule is O=C(N[C@H](Cc1ccccc1C(F)(F)F)C(=O)O)C1c2ccccc2-c2ccccc21. The Morgan fingerprint density at radius 2 is 1.39 bits per heavy atom. The van der Waals surface area contributed by atoms with Gasteiger partial charge in [0, 0.05) is 6.42 Å². The van der Waals surface area contributed by atoms with Gasteiger partial charge in [-0.1, -0.05) is 66.7 Å². The van der Waals surface area contributed by atoms with Gasteiger partial charge in [0.05, 0.1) is 11.5 Å². The van der Waals surface area contributed by atoms with Crippen molar-refractivity contribution >= 4 is 11.9 Å². The predicted molar refractivity (Wildman–Crippen MR) is 108 cm³/mol. The van der Waals surface area contributed by atoms with E-state index in [1.165, 1.54) is 18.2 Å². The molecular weight excluding hydrogens is 407 g/mol. The van der Waals surface area contributed by atoms with Crippen LogP contribution in [0.2, 0.25) is 0 Å². The van der Waals surface area contributed by atoms with Crippen molar-refractivity contribution in [2.24, 2.45) is 0 Å². The highest BCUT2D eigenvalue weighted by atomic mass is 19.4.